The average molecular weight is 180 g/mol. The summed E-state index contributed by atoms with van der Waals surface area (Å²) in [6.45, 7) is 0.867. The summed E-state index contributed by atoms with van der Waals surface area (Å²) >= 11 is 0. The molecular weight excluding hydrogens is 164 g/mol. The average Bonchev–Trinajstić information content (AvgIpc) is 2.71. The molecule has 1 heterocycles. The minimum Gasteiger partial charge on any atom is -0.490 e. The smallest absolute Gasteiger partial charge is 0.157 e. The second-order valence-electron chi connectivity index (χ2n) is 3.81. The van der Waals surface area contributed by atoms with E-state index < -0.39 is 0 Å². The third-order valence-corrected chi connectivity index (χ3v) is 2.64. The van der Waals surface area contributed by atoms with E-state index in [2.05, 4.69) is 5.10 Å². The van der Waals surface area contributed by atoms with Crippen molar-refractivity contribution in [1.82, 2.24) is 9.78 Å². The van der Waals surface area contributed by atoms with Crippen LogP contribution in [-0.4, -0.2) is 16.4 Å². The quantitative estimate of drug-likeness (QED) is 0.711. The van der Waals surface area contributed by atoms with Crippen molar-refractivity contribution in [2.75, 3.05) is 6.61 Å². The number of hydrogen-bond donors (Lipinski definition) is 0. The molecular formula is C10H16N2O. The molecule has 72 valence electrons. The van der Waals surface area contributed by atoms with Crippen molar-refractivity contribution in [3.63, 3.8) is 0 Å². The standard InChI is InChI=1S/C10H16N2O/c1-12-7-10(6-11-12)13-8-9-4-2-3-5-9/h6-7,9H,2-5,8H2,1H3. The van der Waals surface area contributed by atoms with Gasteiger partial charge >= 0.3 is 0 Å². The van der Waals surface area contributed by atoms with Crippen molar-refractivity contribution in [2.45, 2.75) is 25.7 Å². The van der Waals surface area contributed by atoms with Gasteiger partial charge in [-0.1, -0.05) is 12.8 Å². The predicted molar refractivity (Wildman–Crippen MR) is 50.7 cm³/mol. The zero-order valence-corrected chi connectivity index (χ0v) is 8.07. The van der Waals surface area contributed by atoms with Crippen LogP contribution < -0.4 is 4.74 Å². The van der Waals surface area contributed by atoms with E-state index in [1.54, 1.807) is 10.9 Å². The van der Waals surface area contributed by atoms with Crippen molar-refractivity contribution < 1.29 is 4.74 Å². The first-order chi connectivity index (χ1) is 6.34. The Labute approximate surface area is 78.7 Å². The van der Waals surface area contributed by atoms with Gasteiger partial charge < -0.3 is 4.74 Å². The van der Waals surface area contributed by atoms with Crippen LogP contribution >= 0.6 is 0 Å². The highest BCUT2D eigenvalue weighted by molar-refractivity contribution is 5.11. The minimum atomic E-state index is 0.778. The molecule has 0 bridgehead atoms. The molecule has 1 aromatic rings. The Morgan fingerprint density at radius 2 is 2.31 bits per heavy atom. The van der Waals surface area contributed by atoms with Gasteiger partial charge in [0.2, 0.25) is 0 Å². The summed E-state index contributed by atoms with van der Waals surface area (Å²) in [5, 5.41) is 4.05. The Hall–Kier alpha value is -0.990. The summed E-state index contributed by atoms with van der Waals surface area (Å²) in [6.07, 6.45) is 9.10. The van der Waals surface area contributed by atoms with E-state index in [4.69, 9.17) is 4.74 Å². The van der Waals surface area contributed by atoms with Gasteiger partial charge in [-0.05, 0) is 18.8 Å². The number of nitrogens with zero attached hydrogens (tertiary/aromatic N) is 2. The van der Waals surface area contributed by atoms with Gasteiger partial charge in [0.1, 0.15) is 0 Å². The molecule has 1 aliphatic carbocycles. The number of rotatable bonds is 3. The monoisotopic (exact) mass is 180 g/mol. The van der Waals surface area contributed by atoms with Crippen LogP contribution in [0.1, 0.15) is 25.7 Å². The maximum atomic E-state index is 5.63. The molecule has 3 nitrogen and oxygen atoms in total. The molecule has 2 rings (SSSR count). The van der Waals surface area contributed by atoms with E-state index in [0.29, 0.717) is 0 Å². The lowest BCUT2D eigenvalue weighted by molar-refractivity contribution is 0.252. The first-order valence-corrected chi connectivity index (χ1v) is 4.96. The van der Waals surface area contributed by atoms with Crippen LogP contribution in [0.25, 0.3) is 0 Å². The van der Waals surface area contributed by atoms with Gasteiger partial charge in [0.15, 0.2) is 5.75 Å². The van der Waals surface area contributed by atoms with Gasteiger partial charge in [0.05, 0.1) is 19.0 Å². The maximum absolute atomic E-state index is 5.63. The Bertz CT molecular complexity index is 264. The molecule has 0 aromatic carbocycles. The van der Waals surface area contributed by atoms with E-state index >= 15 is 0 Å². The molecule has 3 heteroatoms. The maximum Gasteiger partial charge on any atom is 0.157 e. The Morgan fingerprint density at radius 1 is 1.54 bits per heavy atom. The van der Waals surface area contributed by atoms with E-state index in [1.807, 2.05) is 13.2 Å². The van der Waals surface area contributed by atoms with Crippen LogP contribution in [0.4, 0.5) is 0 Å². The lowest BCUT2D eigenvalue weighted by Gasteiger charge is -2.08. The normalized spacial score (nSPS) is 17.9. The van der Waals surface area contributed by atoms with Gasteiger partial charge in [-0.3, -0.25) is 4.68 Å². The molecule has 1 aromatic heterocycles. The summed E-state index contributed by atoms with van der Waals surface area (Å²) < 4.78 is 7.40. The summed E-state index contributed by atoms with van der Waals surface area (Å²) in [5.74, 6) is 1.68. The van der Waals surface area contributed by atoms with Gasteiger partial charge in [-0.2, -0.15) is 5.10 Å². The lowest BCUT2D eigenvalue weighted by Crippen LogP contribution is -2.07. The molecule has 0 N–H and O–H groups in total. The second-order valence-corrected chi connectivity index (χ2v) is 3.81. The highest BCUT2D eigenvalue weighted by Gasteiger charge is 2.15. The largest absolute Gasteiger partial charge is 0.490 e. The number of aryl methyl sites for hydroxylation is 1. The van der Waals surface area contributed by atoms with Crippen LogP contribution in [-0.2, 0) is 7.05 Å². The number of aromatic nitrogens is 2. The van der Waals surface area contributed by atoms with E-state index in [-0.39, 0.29) is 0 Å². The van der Waals surface area contributed by atoms with E-state index in [0.717, 1.165) is 18.3 Å². The molecule has 0 amide bonds. The molecule has 0 spiro atoms. The van der Waals surface area contributed by atoms with Crippen molar-refractivity contribution in [3.8, 4) is 5.75 Å². The van der Waals surface area contributed by atoms with Crippen molar-refractivity contribution in [1.29, 1.82) is 0 Å². The highest BCUT2D eigenvalue weighted by Crippen LogP contribution is 2.25. The highest BCUT2D eigenvalue weighted by atomic mass is 16.5. The summed E-state index contributed by atoms with van der Waals surface area (Å²) in [7, 11) is 1.91. The van der Waals surface area contributed by atoms with Crippen LogP contribution in [0, 0.1) is 5.92 Å². The second kappa shape index (κ2) is 3.81. The van der Waals surface area contributed by atoms with Crippen LogP contribution in [0.5, 0.6) is 5.75 Å². The van der Waals surface area contributed by atoms with Crippen molar-refractivity contribution >= 4 is 0 Å². The molecule has 0 aliphatic heterocycles. The molecule has 0 unspecified atom stereocenters. The fourth-order valence-electron chi connectivity index (χ4n) is 1.86. The fourth-order valence-corrected chi connectivity index (χ4v) is 1.86. The molecule has 13 heavy (non-hydrogen) atoms. The molecule has 0 radical (unpaired) electrons. The van der Waals surface area contributed by atoms with E-state index in [1.165, 1.54) is 25.7 Å². The summed E-state index contributed by atoms with van der Waals surface area (Å²) in [5.41, 5.74) is 0. The minimum absolute atomic E-state index is 0.778. The lowest BCUT2D eigenvalue weighted by atomic mass is 10.1. The van der Waals surface area contributed by atoms with E-state index in [9.17, 15) is 0 Å². The Kier molecular flexibility index (Phi) is 2.52. The third-order valence-electron chi connectivity index (χ3n) is 2.64. The van der Waals surface area contributed by atoms with Gasteiger partial charge in [-0.25, -0.2) is 0 Å². The van der Waals surface area contributed by atoms with Crippen LogP contribution in [0.2, 0.25) is 0 Å². The van der Waals surface area contributed by atoms with Gasteiger partial charge in [0, 0.05) is 7.05 Å². The number of hydrogen-bond acceptors (Lipinski definition) is 2. The number of ether oxygens (including phenoxy) is 1. The molecule has 0 saturated heterocycles. The van der Waals surface area contributed by atoms with Gasteiger partial charge in [-0.15, -0.1) is 0 Å². The SMILES string of the molecule is Cn1cc(OCC2CCCC2)cn1. The third kappa shape index (κ3) is 2.23. The molecule has 0 atom stereocenters. The zero-order chi connectivity index (χ0) is 9.10. The first kappa shape index (κ1) is 8.60. The summed E-state index contributed by atoms with van der Waals surface area (Å²) in [4.78, 5) is 0. The molecule has 1 saturated carbocycles. The zero-order valence-electron chi connectivity index (χ0n) is 8.07. The molecule has 1 aliphatic rings. The Balaban J connectivity index is 1.78. The summed E-state index contributed by atoms with van der Waals surface area (Å²) in [6, 6.07) is 0. The van der Waals surface area contributed by atoms with Crippen LogP contribution in [0.15, 0.2) is 12.4 Å². The van der Waals surface area contributed by atoms with Gasteiger partial charge in [0.25, 0.3) is 0 Å². The molecule has 1 fully saturated rings. The Morgan fingerprint density at radius 3 is 2.92 bits per heavy atom. The van der Waals surface area contributed by atoms with Crippen LogP contribution in [0.3, 0.4) is 0 Å². The van der Waals surface area contributed by atoms with Crippen molar-refractivity contribution in [2.24, 2.45) is 13.0 Å². The fraction of sp³-hybridized carbons (Fsp3) is 0.700. The first-order valence-electron chi connectivity index (χ1n) is 4.96. The predicted octanol–water partition coefficient (Wildman–Crippen LogP) is 1.99. The van der Waals surface area contributed by atoms with Crippen molar-refractivity contribution in [3.05, 3.63) is 12.4 Å². The topological polar surface area (TPSA) is 27.1 Å².